The van der Waals surface area contributed by atoms with Crippen LogP contribution in [-0.4, -0.2) is 20.1 Å². The van der Waals surface area contributed by atoms with E-state index in [0.717, 1.165) is 6.07 Å². The van der Waals surface area contributed by atoms with Crippen molar-refractivity contribution in [3.63, 3.8) is 0 Å². The summed E-state index contributed by atoms with van der Waals surface area (Å²) in [4.78, 5) is 12.1. The third-order valence-corrected chi connectivity index (χ3v) is 2.93. The van der Waals surface area contributed by atoms with Crippen LogP contribution in [0.5, 0.6) is 5.88 Å². The van der Waals surface area contributed by atoms with Crippen LogP contribution in [0.15, 0.2) is 36.7 Å². The molecule has 0 unspecified atom stereocenters. The Morgan fingerprint density at radius 3 is 2.79 bits per heavy atom. The maximum absolute atomic E-state index is 13.3. The van der Waals surface area contributed by atoms with Crippen molar-refractivity contribution < 1.29 is 9.50 Å². The Morgan fingerprint density at radius 1 is 1.21 bits per heavy atom. The van der Waals surface area contributed by atoms with Crippen LogP contribution in [0, 0.1) is 5.82 Å². The highest BCUT2D eigenvalue weighted by atomic mass is 35.5. The summed E-state index contributed by atoms with van der Waals surface area (Å²) in [5.41, 5.74) is 1.03. The van der Waals surface area contributed by atoms with Crippen LogP contribution in [0.4, 0.5) is 4.39 Å². The summed E-state index contributed by atoms with van der Waals surface area (Å²) in [5, 5.41) is 10.0. The number of benzene rings is 1. The van der Waals surface area contributed by atoms with Crippen molar-refractivity contribution in [1.29, 1.82) is 0 Å². The van der Waals surface area contributed by atoms with Gasteiger partial charge in [0.1, 0.15) is 5.82 Å². The predicted octanol–water partition coefficient (Wildman–Crippen LogP) is 3.19. The van der Waals surface area contributed by atoms with Crippen LogP contribution in [0.3, 0.4) is 0 Å². The molecular weight excluding hydrogens is 269 g/mol. The number of rotatable bonds is 1. The summed E-state index contributed by atoms with van der Waals surface area (Å²) in [6, 6.07) is 5.96. The van der Waals surface area contributed by atoms with E-state index in [1.807, 2.05) is 0 Å². The fourth-order valence-electron chi connectivity index (χ4n) is 1.73. The molecule has 3 rings (SSSR count). The molecule has 0 spiro atoms. The van der Waals surface area contributed by atoms with Crippen LogP contribution >= 0.6 is 11.6 Å². The van der Waals surface area contributed by atoms with Crippen LogP contribution in [0.25, 0.3) is 22.3 Å². The van der Waals surface area contributed by atoms with Gasteiger partial charge in [0.05, 0.1) is 15.9 Å². The van der Waals surface area contributed by atoms with Gasteiger partial charge in [-0.2, -0.15) is 4.98 Å². The van der Waals surface area contributed by atoms with Crippen molar-refractivity contribution in [3.05, 3.63) is 47.5 Å². The molecule has 19 heavy (non-hydrogen) atoms. The first kappa shape index (κ1) is 11.8. The molecule has 0 saturated carbocycles. The zero-order chi connectivity index (χ0) is 13.4. The van der Waals surface area contributed by atoms with E-state index < -0.39 is 5.82 Å². The molecule has 94 valence electrons. The highest BCUT2D eigenvalue weighted by Gasteiger charge is 2.11. The van der Waals surface area contributed by atoms with Crippen LogP contribution in [0.2, 0.25) is 5.02 Å². The van der Waals surface area contributed by atoms with E-state index >= 15 is 0 Å². The van der Waals surface area contributed by atoms with E-state index in [-0.39, 0.29) is 16.3 Å². The number of halogens is 2. The second-order valence-corrected chi connectivity index (χ2v) is 4.30. The smallest absolute Gasteiger partial charge is 0.222 e. The Labute approximate surface area is 112 Å². The molecule has 0 fully saturated rings. The first-order valence-corrected chi connectivity index (χ1v) is 5.79. The molecule has 0 aliphatic carbocycles. The number of hydrogen-bond donors (Lipinski definition) is 1. The van der Waals surface area contributed by atoms with Gasteiger partial charge in [-0.05, 0) is 24.3 Å². The van der Waals surface area contributed by atoms with Crippen molar-refractivity contribution in [1.82, 2.24) is 15.0 Å². The highest BCUT2D eigenvalue weighted by molar-refractivity contribution is 6.31. The lowest BCUT2D eigenvalue weighted by atomic mass is 10.2. The van der Waals surface area contributed by atoms with Crippen LogP contribution in [0.1, 0.15) is 0 Å². The van der Waals surface area contributed by atoms with Crippen LogP contribution in [-0.2, 0) is 0 Å². The lowest BCUT2D eigenvalue weighted by Gasteiger charge is -2.05. The van der Waals surface area contributed by atoms with Gasteiger partial charge >= 0.3 is 0 Å². The van der Waals surface area contributed by atoms with Gasteiger partial charge in [-0.3, -0.25) is 4.98 Å². The number of aromatic hydroxyl groups is 1. The molecule has 2 heterocycles. The summed E-state index contributed by atoms with van der Waals surface area (Å²) in [5.74, 6) is -0.609. The first-order valence-electron chi connectivity index (χ1n) is 5.41. The molecule has 3 aromatic rings. The second-order valence-electron chi connectivity index (χ2n) is 3.90. The minimum atomic E-state index is -0.623. The lowest BCUT2D eigenvalue weighted by Crippen LogP contribution is -1.92. The summed E-state index contributed by atoms with van der Waals surface area (Å²) in [6.07, 6.45) is 3.20. The molecular formula is C13H7ClFN3O. The molecule has 4 nitrogen and oxygen atoms in total. The standard InChI is InChI=1S/C13H7ClFN3O/c14-9-5-11-8(4-10(9)15)13(19)18-12(17-11)7-2-1-3-16-6-7/h1-6H,(H,17,18,19). The topological polar surface area (TPSA) is 58.9 Å². The SMILES string of the molecule is Oc1nc(-c2cccnc2)nc2cc(Cl)c(F)cc12. The molecule has 1 N–H and O–H groups in total. The molecule has 1 aromatic carbocycles. The number of aromatic nitrogens is 3. The number of hydrogen-bond acceptors (Lipinski definition) is 4. The monoisotopic (exact) mass is 275 g/mol. The normalized spacial score (nSPS) is 10.8. The fraction of sp³-hybridized carbons (Fsp3) is 0. The number of fused-ring (bicyclic) bond motifs is 1. The lowest BCUT2D eigenvalue weighted by molar-refractivity contribution is 0.459. The molecule has 0 radical (unpaired) electrons. The molecule has 2 aromatic heterocycles. The summed E-state index contributed by atoms with van der Waals surface area (Å²) in [6.45, 7) is 0. The molecule has 0 aliphatic rings. The van der Waals surface area contributed by atoms with Gasteiger partial charge in [0.25, 0.3) is 0 Å². The Bertz CT molecular complexity index is 765. The summed E-state index contributed by atoms with van der Waals surface area (Å²) in [7, 11) is 0. The Hall–Kier alpha value is -2.27. The highest BCUT2D eigenvalue weighted by Crippen LogP contribution is 2.29. The zero-order valence-corrected chi connectivity index (χ0v) is 10.3. The van der Waals surface area contributed by atoms with E-state index in [2.05, 4.69) is 15.0 Å². The largest absolute Gasteiger partial charge is 0.493 e. The van der Waals surface area contributed by atoms with E-state index in [1.54, 1.807) is 24.5 Å². The average molecular weight is 276 g/mol. The molecule has 0 atom stereocenters. The van der Waals surface area contributed by atoms with Gasteiger partial charge in [-0.1, -0.05) is 11.6 Å². The maximum Gasteiger partial charge on any atom is 0.222 e. The van der Waals surface area contributed by atoms with Gasteiger partial charge in [0.15, 0.2) is 5.82 Å². The molecule has 0 saturated heterocycles. The van der Waals surface area contributed by atoms with Gasteiger partial charge in [0.2, 0.25) is 5.88 Å². The van der Waals surface area contributed by atoms with E-state index in [1.165, 1.54) is 6.07 Å². The Morgan fingerprint density at radius 2 is 2.05 bits per heavy atom. The van der Waals surface area contributed by atoms with Crippen molar-refractivity contribution in [3.8, 4) is 17.3 Å². The van der Waals surface area contributed by atoms with E-state index in [9.17, 15) is 9.50 Å². The maximum atomic E-state index is 13.3. The van der Waals surface area contributed by atoms with Gasteiger partial charge in [0, 0.05) is 18.0 Å². The first-order chi connectivity index (χ1) is 9.15. The van der Waals surface area contributed by atoms with Crippen LogP contribution < -0.4 is 0 Å². The third-order valence-electron chi connectivity index (χ3n) is 2.64. The fourth-order valence-corrected chi connectivity index (χ4v) is 1.89. The molecule has 0 aliphatic heterocycles. The molecule has 0 amide bonds. The van der Waals surface area contributed by atoms with Gasteiger partial charge in [-0.15, -0.1) is 0 Å². The quantitative estimate of drug-likeness (QED) is 0.741. The Balaban J connectivity index is 2.28. The van der Waals surface area contributed by atoms with Crippen molar-refractivity contribution in [2.24, 2.45) is 0 Å². The third kappa shape index (κ3) is 2.08. The summed E-state index contributed by atoms with van der Waals surface area (Å²) >= 11 is 5.71. The number of nitrogens with zero attached hydrogens (tertiary/aromatic N) is 3. The number of pyridine rings is 1. The average Bonchev–Trinajstić information content (AvgIpc) is 2.42. The van der Waals surface area contributed by atoms with E-state index in [4.69, 9.17) is 11.6 Å². The zero-order valence-electron chi connectivity index (χ0n) is 9.51. The second kappa shape index (κ2) is 4.44. The minimum Gasteiger partial charge on any atom is -0.493 e. The minimum absolute atomic E-state index is 0.0530. The van der Waals surface area contributed by atoms with E-state index in [0.29, 0.717) is 16.9 Å². The summed E-state index contributed by atoms with van der Waals surface area (Å²) < 4.78 is 13.3. The van der Waals surface area contributed by atoms with Gasteiger partial charge in [-0.25, -0.2) is 9.37 Å². The molecule has 6 heteroatoms. The molecule has 0 bridgehead atoms. The Kier molecular flexibility index (Phi) is 2.76. The van der Waals surface area contributed by atoms with Crippen molar-refractivity contribution in [2.75, 3.05) is 0 Å². The van der Waals surface area contributed by atoms with Crippen molar-refractivity contribution >= 4 is 22.5 Å². The van der Waals surface area contributed by atoms with Gasteiger partial charge < -0.3 is 5.11 Å². The van der Waals surface area contributed by atoms with Crippen molar-refractivity contribution in [2.45, 2.75) is 0 Å². The predicted molar refractivity (Wildman–Crippen MR) is 69.4 cm³/mol.